The molecule has 3 rings (SSSR count). The van der Waals surface area contributed by atoms with E-state index in [0.717, 1.165) is 24.8 Å². The van der Waals surface area contributed by atoms with Gasteiger partial charge < -0.3 is 5.32 Å². The molecule has 0 aliphatic heterocycles. The maximum atomic E-state index is 12.2. The SMILES string of the molecule is O=C(NCc1cn[nH]c1)C1CCc2ccccc2C1. The van der Waals surface area contributed by atoms with Gasteiger partial charge in [0, 0.05) is 24.2 Å². The van der Waals surface area contributed by atoms with Crippen molar-refractivity contribution in [1.82, 2.24) is 15.5 Å². The normalized spacial score (nSPS) is 17.8. The van der Waals surface area contributed by atoms with E-state index in [-0.39, 0.29) is 11.8 Å². The first kappa shape index (κ1) is 12.0. The van der Waals surface area contributed by atoms with Crippen LogP contribution in [0.25, 0.3) is 0 Å². The van der Waals surface area contributed by atoms with Crippen LogP contribution in [0.4, 0.5) is 0 Å². The van der Waals surface area contributed by atoms with E-state index in [2.05, 4.69) is 33.7 Å². The average Bonchev–Trinajstić information content (AvgIpc) is 2.97. The maximum absolute atomic E-state index is 12.2. The quantitative estimate of drug-likeness (QED) is 0.879. The summed E-state index contributed by atoms with van der Waals surface area (Å²) in [7, 11) is 0. The Bertz CT molecular complexity index is 563. The van der Waals surface area contributed by atoms with Crippen LogP contribution in [0.2, 0.25) is 0 Å². The number of nitrogens with one attached hydrogen (secondary N) is 2. The Morgan fingerprint density at radius 3 is 3.00 bits per heavy atom. The standard InChI is InChI=1S/C15H17N3O/c19-15(16-8-11-9-17-18-10-11)14-6-5-12-3-1-2-4-13(12)7-14/h1-4,9-10,14H,5-8H2,(H,16,19)(H,17,18). The number of amides is 1. The van der Waals surface area contributed by atoms with Gasteiger partial charge in [0.05, 0.1) is 6.20 Å². The zero-order valence-corrected chi connectivity index (χ0v) is 10.7. The number of nitrogens with zero attached hydrogens (tertiary/aromatic N) is 1. The number of aromatic nitrogens is 2. The Balaban J connectivity index is 1.60. The van der Waals surface area contributed by atoms with Crippen molar-refractivity contribution in [3.8, 4) is 0 Å². The Hall–Kier alpha value is -2.10. The van der Waals surface area contributed by atoms with Crippen LogP contribution in [0.5, 0.6) is 0 Å². The zero-order chi connectivity index (χ0) is 13.1. The molecule has 1 atom stereocenters. The molecule has 98 valence electrons. The lowest BCUT2D eigenvalue weighted by Gasteiger charge is -2.23. The van der Waals surface area contributed by atoms with Crippen molar-refractivity contribution in [1.29, 1.82) is 0 Å². The first-order chi connectivity index (χ1) is 9.33. The van der Waals surface area contributed by atoms with Crippen molar-refractivity contribution >= 4 is 5.91 Å². The molecule has 1 amide bonds. The van der Waals surface area contributed by atoms with Gasteiger partial charge in [-0.2, -0.15) is 5.10 Å². The summed E-state index contributed by atoms with van der Waals surface area (Å²) >= 11 is 0. The van der Waals surface area contributed by atoms with Gasteiger partial charge in [-0.3, -0.25) is 9.89 Å². The van der Waals surface area contributed by atoms with E-state index < -0.39 is 0 Å². The molecule has 2 aromatic rings. The Kier molecular flexibility index (Phi) is 3.31. The lowest BCUT2D eigenvalue weighted by molar-refractivity contribution is -0.125. The lowest BCUT2D eigenvalue weighted by Crippen LogP contribution is -2.33. The topological polar surface area (TPSA) is 57.8 Å². The third-order valence-electron chi connectivity index (χ3n) is 3.74. The summed E-state index contributed by atoms with van der Waals surface area (Å²) in [5.74, 6) is 0.248. The van der Waals surface area contributed by atoms with E-state index in [1.807, 2.05) is 6.07 Å². The summed E-state index contributed by atoms with van der Waals surface area (Å²) in [6.45, 7) is 0.549. The van der Waals surface area contributed by atoms with Crippen molar-refractivity contribution in [3.05, 3.63) is 53.3 Å². The predicted octanol–water partition coefficient (Wildman–Crippen LogP) is 1.83. The van der Waals surface area contributed by atoms with Gasteiger partial charge in [0.25, 0.3) is 0 Å². The molecule has 0 saturated carbocycles. The third kappa shape index (κ3) is 2.67. The summed E-state index contributed by atoms with van der Waals surface area (Å²) < 4.78 is 0. The molecular weight excluding hydrogens is 238 g/mol. The molecule has 1 aromatic carbocycles. The first-order valence-electron chi connectivity index (χ1n) is 6.65. The fraction of sp³-hybridized carbons (Fsp3) is 0.333. The Morgan fingerprint density at radius 1 is 1.37 bits per heavy atom. The number of hydrogen-bond acceptors (Lipinski definition) is 2. The molecule has 19 heavy (non-hydrogen) atoms. The van der Waals surface area contributed by atoms with Crippen LogP contribution in [0, 0.1) is 5.92 Å². The van der Waals surface area contributed by atoms with E-state index in [9.17, 15) is 4.79 Å². The van der Waals surface area contributed by atoms with E-state index in [1.165, 1.54) is 11.1 Å². The van der Waals surface area contributed by atoms with Crippen LogP contribution >= 0.6 is 0 Å². The highest BCUT2D eigenvalue weighted by Gasteiger charge is 2.24. The highest BCUT2D eigenvalue weighted by Crippen LogP contribution is 2.25. The summed E-state index contributed by atoms with van der Waals surface area (Å²) in [5, 5.41) is 9.60. The number of H-pyrrole nitrogens is 1. The van der Waals surface area contributed by atoms with Gasteiger partial charge in [0.2, 0.25) is 5.91 Å². The summed E-state index contributed by atoms with van der Waals surface area (Å²) in [5.41, 5.74) is 3.71. The molecule has 0 bridgehead atoms. The Morgan fingerprint density at radius 2 is 2.21 bits per heavy atom. The number of aromatic amines is 1. The molecule has 4 heteroatoms. The summed E-state index contributed by atoms with van der Waals surface area (Å²) in [6, 6.07) is 8.41. The number of fused-ring (bicyclic) bond motifs is 1. The monoisotopic (exact) mass is 255 g/mol. The number of carbonyl (C=O) groups is 1. The maximum Gasteiger partial charge on any atom is 0.223 e. The largest absolute Gasteiger partial charge is 0.352 e. The molecule has 4 nitrogen and oxygen atoms in total. The van der Waals surface area contributed by atoms with Gasteiger partial charge in [-0.05, 0) is 30.4 Å². The van der Waals surface area contributed by atoms with Crippen LogP contribution in [0.3, 0.4) is 0 Å². The van der Waals surface area contributed by atoms with Gasteiger partial charge in [-0.25, -0.2) is 0 Å². The van der Waals surface area contributed by atoms with E-state index in [1.54, 1.807) is 12.4 Å². The molecule has 1 aromatic heterocycles. The van der Waals surface area contributed by atoms with Crippen LogP contribution in [-0.4, -0.2) is 16.1 Å². The summed E-state index contributed by atoms with van der Waals surface area (Å²) in [4.78, 5) is 12.2. The van der Waals surface area contributed by atoms with Crippen molar-refractivity contribution in [2.24, 2.45) is 5.92 Å². The molecule has 0 fully saturated rings. The second-order valence-corrected chi connectivity index (χ2v) is 5.03. The van der Waals surface area contributed by atoms with Crippen LogP contribution in [-0.2, 0) is 24.2 Å². The van der Waals surface area contributed by atoms with Gasteiger partial charge in [0.15, 0.2) is 0 Å². The molecule has 1 heterocycles. The number of rotatable bonds is 3. The van der Waals surface area contributed by atoms with Gasteiger partial charge in [0.1, 0.15) is 0 Å². The minimum Gasteiger partial charge on any atom is -0.352 e. The molecule has 0 radical (unpaired) electrons. The molecule has 1 unspecified atom stereocenters. The highest BCUT2D eigenvalue weighted by molar-refractivity contribution is 5.79. The van der Waals surface area contributed by atoms with Crippen molar-refractivity contribution in [3.63, 3.8) is 0 Å². The van der Waals surface area contributed by atoms with Gasteiger partial charge in [-0.15, -0.1) is 0 Å². The smallest absolute Gasteiger partial charge is 0.223 e. The second kappa shape index (κ2) is 5.26. The number of benzene rings is 1. The van der Waals surface area contributed by atoms with Crippen LogP contribution in [0.1, 0.15) is 23.1 Å². The van der Waals surface area contributed by atoms with Crippen molar-refractivity contribution in [2.75, 3.05) is 0 Å². The second-order valence-electron chi connectivity index (χ2n) is 5.03. The van der Waals surface area contributed by atoms with E-state index in [4.69, 9.17) is 0 Å². The molecule has 1 aliphatic rings. The van der Waals surface area contributed by atoms with Crippen molar-refractivity contribution < 1.29 is 4.79 Å². The van der Waals surface area contributed by atoms with Crippen LogP contribution < -0.4 is 5.32 Å². The van der Waals surface area contributed by atoms with E-state index in [0.29, 0.717) is 6.54 Å². The minimum atomic E-state index is 0.0989. The Labute approximate surface area is 112 Å². The molecular formula is C15H17N3O. The highest BCUT2D eigenvalue weighted by atomic mass is 16.1. The third-order valence-corrected chi connectivity index (χ3v) is 3.74. The molecule has 0 spiro atoms. The molecule has 0 saturated heterocycles. The zero-order valence-electron chi connectivity index (χ0n) is 10.7. The fourth-order valence-electron chi connectivity index (χ4n) is 2.63. The predicted molar refractivity (Wildman–Crippen MR) is 72.4 cm³/mol. The number of aryl methyl sites for hydroxylation is 1. The van der Waals surface area contributed by atoms with Crippen molar-refractivity contribution in [2.45, 2.75) is 25.8 Å². The molecule has 1 aliphatic carbocycles. The summed E-state index contributed by atoms with van der Waals surface area (Å²) in [6.07, 6.45) is 6.33. The number of hydrogen-bond donors (Lipinski definition) is 2. The first-order valence-corrected chi connectivity index (χ1v) is 6.65. The minimum absolute atomic E-state index is 0.0989. The van der Waals surface area contributed by atoms with Gasteiger partial charge >= 0.3 is 0 Å². The average molecular weight is 255 g/mol. The van der Waals surface area contributed by atoms with Crippen LogP contribution in [0.15, 0.2) is 36.7 Å². The van der Waals surface area contributed by atoms with E-state index >= 15 is 0 Å². The number of carbonyl (C=O) groups excluding carboxylic acids is 1. The fourth-order valence-corrected chi connectivity index (χ4v) is 2.63. The lowest BCUT2D eigenvalue weighted by atomic mass is 9.83. The molecule has 2 N–H and O–H groups in total. The van der Waals surface area contributed by atoms with Gasteiger partial charge in [-0.1, -0.05) is 24.3 Å².